The molecular weight excluding hydrogens is 270 g/mol. The molecule has 1 aliphatic carbocycles. The second kappa shape index (κ2) is 5.09. The number of nitrogens with one attached hydrogen (secondary N) is 1. The number of benzene rings is 1. The Balaban J connectivity index is 1.99. The summed E-state index contributed by atoms with van der Waals surface area (Å²) in [4.78, 5) is 0. The van der Waals surface area contributed by atoms with Crippen LogP contribution >= 0.6 is 11.6 Å². The molecule has 1 saturated carbocycles. The van der Waals surface area contributed by atoms with Crippen LogP contribution in [0, 0.1) is 11.3 Å². The van der Waals surface area contributed by atoms with Gasteiger partial charge in [-0.1, -0.05) is 31.9 Å². The van der Waals surface area contributed by atoms with Crippen LogP contribution in [0.15, 0.2) is 28.7 Å². The molecule has 2 unspecified atom stereocenters. The second-order valence-corrected chi connectivity index (χ2v) is 7.02. The first-order chi connectivity index (χ1) is 9.51. The molecule has 3 heteroatoms. The van der Waals surface area contributed by atoms with Gasteiger partial charge < -0.3 is 9.73 Å². The average molecular weight is 292 g/mol. The van der Waals surface area contributed by atoms with E-state index in [1.165, 1.54) is 19.3 Å². The third-order valence-electron chi connectivity index (χ3n) is 4.86. The zero-order valence-electron chi connectivity index (χ0n) is 12.4. The zero-order chi connectivity index (χ0) is 14.3. The first kappa shape index (κ1) is 14.0. The number of fused-ring (bicyclic) bond motifs is 1. The fraction of sp³-hybridized carbons (Fsp3) is 0.529. The molecule has 2 nitrogen and oxygen atoms in total. The van der Waals surface area contributed by atoms with Crippen LogP contribution in [-0.4, -0.2) is 7.05 Å². The number of halogens is 1. The van der Waals surface area contributed by atoms with Gasteiger partial charge in [0.1, 0.15) is 11.3 Å². The lowest BCUT2D eigenvalue weighted by Gasteiger charge is -2.32. The maximum Gasteiger partial charge on any atom is 0.134 e. The molecular formula is C17H22ClNO. The maximum absolute atomic E-state index is 6.06. The van der Waals surface area contributed by atoms with Gasteiger partial charge in [0.05, 0.1) is 6.04 Å². The monoisotopic (exact) mass is 291 g/mol. The van der Waals surface area contributed by atoms with Crippen molar-refractivity contribution < 1.29 is 4.42 Å². The van der Waals surface area contributed by atoms with E-state index in [2.05, 4.69) is 25.2 Å². The van der Waals surface area contributed by atoms with Gasteiger partial charge in [-0.25, -0.2) is 0 Å². The summed E-state index contributed by atoms with van der Waals surface area (Å²) in [5.41, 5.74) is 1.28. The van der Waals surface area contributed by atoms with Crippen LogP contribution in [0.1, 0.15) is 44.9 Å². The highest BCUT2D eigenvalue weighted by atomic mass is 35.5. The molecule has 20 heavy (non-hydrogen) atoms. The molecule has 0 aliphatic heterocycles. The van der Waals surface area contributed by atoms with E-state index in [1.54, 1.807) is 0 Å². The van der Waals surface area contributed by atoms with Crippen LogP contribution in [0.5, 0.6) is 0 Å². The highest BCUT2D eigenvalue weighted by Crippen LogP contribution is 2.49. The van der Waals surface area contributed by atoms with Crippen molar-refractivity contribution in [2.45, 2.75) is 39.2 Å². The summed E-state index contributed by atoms with van der Waals surface area (Å²) in [7, 11) is 2.03. The van der Waals surface area contributed by atoms with Crippen LogP contribution in [0.3, 0.4) is 0 Å². The smallest absolute Gasteiger partial charge is 0.134 e. The Morgan fingerprint density at radius 3 is 2.80 bits per heavy atom. The summed E-state index contributed by atoms with van der Waals surface area (Å²) >= 11 is 6.06. The van der Waals surface area contributed by atoms with Crippen molar-refractivity contribution in [1.29, 1.82) is 0 Å². The molecule has 0 radical (unpaired) electrons. The molecule has 1 aromatic heterocycles. The van der Waals surface area contributed by atoms with E-state index >= 15 is 0 Å². The highest BCUT2D eigenvalue weighted by Gasteiger charge is 2.40. The summed E-state index contributed by atoms with van der Waals surface area (Å²) in [6.45, 7) is 4.74. The van der Waals surface area contributed by atoms with Gasteiger partial charge in [-0.3, -0.25) is 0 Å². The van der Waals surface area contributed by atoms with Crippen LogP contribution < -0.4 is 5.32 Å². The van der Waals surface area contributed by atoms with Gasteiger partial charge in [-0.05, 0) is 55.5 Å². The fourth-order valence-corrected chi connectivity index (χ4v) is 3.88. The van der Waals surface area contributed by atoms with Crippen molar-refractivity contribution in [3.05, 3.63) is 35.0 Å². The molecule has 1 fully saturated rings. The third kappa shape index (κ3) is 2.36. The third-order valence-corrected chi connectivity index (χ3v) is 5.09. The first-order valence-corrected chi connectivity index (χ1v) is 7.75. The van der Waals surface area contributed by atoms with E-state index in [9.17, 15) is 0 Å². The summed E-state index contributed by atoms with van der Waals surface area (Å²) in [5, 5.41) is 5.31. The van der Waals surface area contributed by atoms with Gasteiger partial charge in [-0.2, -0.15) is 0 Å². The Bertz CT molecular complexity index is 616. The quantitative estimate of drug-likeness (QED) is 0.843. The van der Waals surface area contributed by atoms with E-state index in [0.29, 0.717) is 11.3 Å². The predicted octanol–water partition coefficient (Wildman–Crippen LogP) is 5.17. The molecule has 1 aliphatic rings. The SMILES string of the molecule is CNC(c1cc2cc(Cl)ccc2o1)C1CCCC1(C)C. The Morgan fingerprint density at radius 2 is 2.15 bits per heavy atom. The Kier molecular flexibility index (Phi) is 3.55. The highest BCUT2D eigenvalue weighted by molar-refractivity contribution is 6.31. The zero-order valence-corrected chi connectivity index (χ0v) is 13.1. The van der Waals surface area contributed by atoms with Gasteiger partial charge in [0, 0.05) is 10.4 Å². The van der Waals surface area contributed by atoms with Crippen molar-refractivity contribution in [1.82, 2.24) is 5.32 Å². The van der Waals surface area contributed by atoms with Crippen molar-refractivity contribution in [3.63, 3.8) is 0 Å². The van der Waals surface area contributed by atoms with Crippen LogP contribution in [0.25, 0.3) is 11.0 Å². The topological polar surface area (TPSA) is 25.2 Å². The van der Waals surface area contributed by atoms with E-state index < -0.39 is 0 Å². The summed E-state index contributed by atoms with van der Waals surface area (Å²) in [5.74, 6) is 1.65. The standard InChI is InChI=1S/C17H22ClNO/c1-17(2)8-4-5-13(17)16(19-3)15-10-11-9-12(18)6-7-14(11)20-15/h6-7,9-10,13,16,19H,4-5,8H2,1-3H3. The molecule has 1 heterocycles. The Labute approximate surface area is 125 Å². The number of hydrogen-bond acceptors (Lipinski definition) is 2. The lowest BCUT2D eigenvalue weighted by atomic mass is 9.77. The molecule has 0 saturated heterocycles. The van der Waals surface area contributed by atoms with Gasteiger partial charge in [-0.15, -0.1) is 0 Å². The lowest BCUT2D eigenvalue weighted by molar-refractivity contribution is 0.188. The van der Waals surface area contributed by atoms with Crippen molar-refractivity contribution in [2.75, 3.05) is 7.05 Å². The lowest BCUT2D eigenvalue weighted by Crippen LogP contribution is -2.31. The summed E-state index contributed by atoms with van der Waals surface area (Å²) in [6, 6.07) is 8.21. The molecule has 1 N–H and O–H groups in total. The van der Waals surface area contributed by atoms with E-state index in [4.69, 9.17) is 16.0 Å². The molecule has 108 valence electrons. The number of furan rings is 1. The molecule has 3 rings (SSSR count). The molecule has 0 spiro atoms. The normalized spacial score (nSPS) is 23.3. The molecule has 2 atom stereocenters. The second-order valence-electron chi connectivity index (χ2n) is 6.58. The molecule has 2 aromatic rings. The number of hydrogen-bond donors (Lipinski definition) is 1. The van der Waals surface area contributed by atoms with Gasteiger partial charge in [0.2, 0.25) is 0 Å². The molecule has 1 aromatic carbocycles. The van der Waals surface area contributed by atoms with Crippen LogP contribution in [-0.2, 0) is 0 Å². The van der Waals surface area contributed by atoms with Gasteiger partial charge in [0.25, 0.3) is 0 Å². The summed E-state index contributed by atoms with van der Waals surface area (Å²) in [6.07, 6.45) is 3.86. The fourth-order valence-electron chi connectivity index (χ4n) is 3.70. The van der Waals surface area contributed by atoms with Crippen molar-refractivity contribution in [3.8, 4) is 0 Å². The largest absolute Gasteiger partial charge is 0.459 e. The molecule has 0 bridgehead atoms. The van der Waals surface area contributed by atoms with E-state index in [-0.39, 0.29) is 6.04 Å². The van der Waals surface area contributed by atoms with E-state index in [1.807, 2.05) is 25.2 Å². The van der Waals surface area contributed by atoms with Gasteiger partial charge in [0.15, 0.2) is 0 Å². The minimum atomic E-state index is 0.277. The summed E-state index contributed by atoms with van der Waals surface area (Å²) < 4.78 is 6.06. The minimum Gasteiger partial charge on any atom is -0.459 e. The van der Waals surface area contributed by atoms with Gasteiger partial charge >= 0.3 is 0 Å². The Hall–Kier alpha value is -0.990. The molecule has 0 amide bonds. The van der Waals surface area contributed by atoms with Crippen LogP contribution in [0.4, 0.5) is 0 Å². The average Bonchev–Trinajstić information content (AvgIpc) is 2.94. The Morgan fingerprint density at radius 1 is 1.35 bits per heavy atom. The van der Waals surface area contributed by atoms with Crippen molar-refractivity contribution >= 4 is 22.6 Å². The maximum atomic E-state index is 6.06. The first-order valence-electron chi connectivity index (χ1n) is 7.37. The van der Waals surface area contributed by atoms with Crippen molar-refractivity contribution in [2.24, 2.45) is 11.3 Å². The number of rotatable bonds is 3. The van der Waals surface area contributed by atoms with E-state index in [0.717, 1.165) is 21.8 Å². The predicted molar refractivity (Wildman–Crippen MR) is 84.1 cm³/mol. The minimum absolute atomic E-state index is 0.277. The van der Waals surface area contributed by atoms with Crippen LogP contribution in [0.2, 0.25) is 5.02 Å².